The third-order valence-electron chi connectivity index (χ3n) is 4.72. The zero-order chi connectivity index (χ0) is 21.9. The summed E-state index contributed by atoms with van der Waals surface area (Å²) in [6.07, 6.45) is 5.36. The second kappa shape index (κ2) is 8.99. The molecule has 3 rings (SSSR count). The predicted molar refractivity (Wildman–Crippen MR) is 121 cm³/mol. The van der Waals surface area contributed by atoms with Gasteiger partial charge < -0.3 is 14.9 Å². The molecule has 1 atom stereocenters. The number of carbonyl (C=O) groups excluding carboxylic acids is 1. The average Bonchev–Trinajstić information content (AvgIpc) is 3.09. The van der Waals surface area contributed by atoms with Crippen molar-refractivity contribution in [3.63, 3.8) is 0 Å². The Hall–Kier alpha value is -2.68. The summed E-state index contributed by atoms with van der Waals surface area (Å²) in [7, 11) is 0. The van der Waals surface area contributed by atoms with Crippen molar-refractivity contribution in [2.45, 2.75) is 39.2 Å². The van der Waals surface area contributed by atoms with Crippen LogP contribution in [0.1, 0.15) is 39.2 Å². The van der Waals surface area contributed by atoms with Crippen molar-refractivity contribution in [2.75, 3.05) is 25.0 Å². The van der Waals surface area contributed by atoms with Gasteiger partial charge in [0, 0.05) is 24.3 Å². The van der Waals surface area contributed by atoms with E-state index in [0.717, 1.165) is 22.4 Å². The van der Waals surface area contributed by atoms with Crippen LogP contribution in [0.4, 0.5) is 5.69 Å². The zero-order valence-corrected chi connectivity index (χ0v) is 18.5. The number of halogens is 1. The maximum absolute atomic E-state index is 12.7. The van der Waals surface area contributed by atoms with Crippen LogP contribution in [0.5, 0.6) is 5.75 Å². The summed E-state index contributed by atoms with van der Waals surface area (Å²) in [6, 6.07) is 11.5. The minimum Gasteiger partial charge on any atom is -0.459 e. The van der Waals surface area contributed by atoms with Gasteiger partial charge in [-0.15, -0.1) is 11.5 Å². The third kappa shape index (κ3) is 5.08. The van der Waals surface area contributed by atoms with Crippen molar-refractivity contribution < 1.29 is 14.4 Å². The molecule has 2 aromatic rings. The molecule has 0 amide bonds. The van der Waals surface area contributed by atoms with Crippen molar-refractivity contribution in [2.24, 2.45) is 0 Å². The molecule has 1 unspecified atom stereocenters. The van der Waals surface area contributed by atoms with Crippen LogP contribution in [0.2, 0.25) is 5.02 Å². The minimum absolute atomic E-state index is 0.237. The number of fused-ring (bicyclic) bond motifs is 1. The highest BCUT2D eigenvalue weighted by Crippen LogP contribution is 2.40. The zero-order valence-electron chi connectivity index (χ0n) is 17.8. The molecule has 0 saturated carbocycles. The Bertz CT molecular complexity index is 958. The highest BCUT2D eigenvalue weighted by Gasteiger charge is 2.33. The SMILES string of the molecule is C#CCN(CC)Oc1ccc(-c2cc3c(cc2Cl)NCC3C(=O)OC(C)(C)C)cc1. The molecule has 158 valence electrons. The Labute approximate surface area is 183 Å². The first-order valence-corrected chi connectivity index (χ1v) is 10.4. The molecule has 1 heterocycles. The van der Waals surface area contributed by atoms with Gasteiger partial charge in [0.25, 0.3) is 0 Å². The molecule has 5 nitrogen and oxygen atoms in total. The lowest BCUT2D eigenvalue weighted by atomic mass is 9.96. The summed E-state index contributed by atoms with van der Waals surface area (Å²) < 4.78 is 5.59. The molecule has 30 heavy (non-hydrogen) atoms. The van der Waals surface area contributed by atoms with Crippen molar-refractivity contribution >= 4 is 23.3 Å². The lowest BCUT2D eigenvalue weighted by molar-refractivity contribution is -0.156. The largest absolute Gasteiger partial charge is 0.459 e. The quantitative estimate of drug-likeness (QED) is 0.395. The molecule has 1 N–H and O–H groups in total. The Kier molecular flexibility index (Phi) is 6.60. The fourth-order valence-electron chi connectivity index (χ4n) is 3.31. The minimum atomic E-state index is -0.531. The van der Waals surface area contributed by atoms with Gasteiger partial charge in [0.15, 0.2) is 0 Å². The second-order valence-electron chi connectivity index (χ2n) is 8.16. The van der Waals surface area contributed by atoms with E-state index in [4.69, 9.17) is 27.6 Å². The summed E-state index contributed by atoms with van der Waals surface area (Å²) in [5, 5.41) is 5.57. The second-order valence-corrected chi connectivity index (χ2v) is 8.57. The third-order valence-corrected chi connectivity index (χ3v) is 5.04. The topological polar surface area (TPSA) is 50.8 Å². The fourth-order valence-corrected chi connectivity index (χ4v) is 3.59. The first-order chi connectivity index (χ1) is 14.2. The van der Waals surface area contributed by atoms with Gasteiger partial charge in [-0.25, -0.2) is 0 Å². The molecule has 0 fully saturated rings. The van der Waals surface area contributed by atoms with Crippen molar-refractivity contribution in [1.29, 1.82) is 0 Å². The first kappa shape index (κ1) is 22.0. The van der Waals surface area contributed by atoms with Gasteiger partial charge >= 0.3 is 5.97 Å². The van der Waals surface area contributed by atoms with Crippen LogP contribution in [-0.4, -0.2) is 36.3 Å². The van der Waals surface area contributed by atoms with Gasteiger partial charge in [-0.1, -0.05) is 29.7 Å². The molecule has 0 aliphatic carbocycles. The Balaban J connectivity index is 1.85. The van der Waals surface area contributed by atoms with Crippen LogP contribution in [0.25, 0.3) is 11.1 Å². The van der Waals surface area contributed by atoms with E-state index in [2.05, 4.69) is 11.2 Å². The van der Waals surface area contributed by atoms with E-state index in [9.17, 15) is 4.79 Å². The van der Waals surface area contributed by atoms with Crippen molar-refractivity contribution in [1.82, 2.24) is 5.06 Å². The van der Waals surface area contributed by atoms with Gasteiger partial charge in [0.05, 0.1) is 11.6 Å². The number of hydroxylamine groups is 2. The molecule has 0 saturated heterocycles. The maximum atomic E-state index is 12.7. The standard InChI is InChI=1S/C24H27ClN2O3/c1-6-12-27(7-2)30-17-10-8-16(9-11-17)18-13-19-20(23(28)29-24(3,4)5)15-26-22(19)14-21(18)25/h1,8-11,13-14,20,26H,7,12,15H2,2-5H3. The predicted octanol–water partition coefficient (Wildman–Crippen LogP) is 5.11. The highest BCUT2D eigenvalue weighted by atomic mass is 35.5. The number of hydrogen-bond acceptors (Lipinski definition) is 5. The number of nitrogens with zero attached hydrogens (tertiary/aromatic N) is 1. The monoisotopic (exact) mass is 426 g/mol. The van der Waals surface area contributed by atoms with Crippen LogP contribution in [0, 0.1) is 12.3 Å². The van der Waals surface area contributed by atoms with Crippen molar-refractivity contribution in [3.8, 4) is 29.2 Å². The number of nitrogens with one attached hydrogen (secondary N) is 1. The van der Waals surface area contributed by atoms with E-state index in [1.54, 1.807) is 5.06 Å². The number of terminal acetylenes is 1. The molecule has 0 bridgehead atoms. The molecule has 6 heteroatoms. The summed E-state index contributed by atoms with van der Waals surface area (Å²) in [5.74, 6) is 2.67. The molecule has 2 aromatic carbocycles. The molecule has 0 aromatic heterocycles. The smallest absolute Gasteiger partial charge is 0.315 e. The van der Waals surface area contributed by atoms with Gasteiger partial charge in [0.1, 0.15) is 17.3 Å². The molecule has 1 aliphatic rings. The van der Waals surface area contributed by atoms with E-state index in [0.29, 0.717) is 30.4 Å². The Morgan fingerprint density at radius 1 is 1.30 bits per heavy atom. The molecule has 0 spiro atoms. The highest BCUT2D eigenvalue weighted by molar-refractivity contribution is 6.33. The Morgan fingerprint density at radius 2 is 2.00 bits per heavy atom. The lowest BCUT2D eigenvalue weighted by Gasteiger charge is -2.22. The molecular weight excluding hydrogens is 400 g/mol. The average molecular weight is 427 g/mol. The summed E-state index contributed by atoms with van der Waals surface area (Å²) >= 11 is 6.55. The number of hydrogen-bond donors (Lipinski definition) is 1. The van der Waals surface area contributed by atoms with Crippen LogP contribution >= 0.6 is 11.6 Å². The van der Waals surface area contributed by atoms with Crippen LogP contribution in [0.3, 0.4) is 0 Å². The van der Waals surface area contributed by atoms with Crippen LogP contribution in [-0.2, 0) is 9.53 Å². The summed E-state index contributed by atoms with van der Waals surface area (Å²) in [6.45, 7) is 9.18. The maximum Gasteiger partial charge on any atom is 0.315 e. The normalized spacial score (nSPS) is 15.3. The van der Waals surface area contributed by atoms with Crippen LogP contribution in [0.15, 0.2) is 36.4 Å². The Morgan fingerprint density at radius 3 is 2.60 bits per heavy atom. The van der Waals surface area contributed by atoms with E-state index >= 15 is 0 Å². The number of rotatable bonds is 6. The number of benzene rings is 2. The van der Waals surface area contributed by atoms with E-state index in [1.165, 1.54) is 0 Å². The van der Waals surface area contributed by atoms with Gasteiger partial charge in [-0.3, -0.25) is 4.79 Å². The fraction of sp³-hybridized carbons (Fsp3) is 0.375. The number of anilines is 1. The van der Waals surface area contributed by atoms with Crippen LogP contribution < -0.4 is 10.2 Å². The summed E-state index contributed by atoms with van der Waals surface area (Å²) in [4.78, 5) is 18.4. The number of esters is 1. The van der Waals surface area contributed by atoms with Gasteiger partial charge in [-0.05, 0) is 63.1 Å². The van der Waals surface area contributed by atoms with Gasteiger partial charge in [-0.2, -0.15) is 0 Å². The molecular formula is C24H27ClN2O3. The molecule has 1 aliphatic heterocycles. The van der Waals surface area contributed by atoms with Gasteiger partial charge in [0.2, 0.25) is 0 Å². The number of carbonyl (C=O) groups is 1. The van der Waals surface area contributed by atoms with E-state index in [-0.39, 0.29) is 11.9 Å². The molecule has 0 radical (unpaired) electrons. The lowest BCUT2D eigenvalue weighted by Crippen LogP contribution is -2.28. The van der Waals surface area contributed by atoms with E-state index < -0.39 is 5.60 Å². The van der Waals surface area contributed by atoms with E-state index in [1.807, 2.05) is 64.1 Å². The number of ether oxygens (including phenoxy) is 1. The summed E-state index contributed by atoms with van der Waals surface area (Å²) in [5.41, 5.74) is 3.03. The first-order valence-electron chi connectivity index (χ1n) is 9.99. The van der Waals surface area contributed by atoms with Crippen molar-refractivity contribution in [3.05, 3.63) is 47.0 Å².